The van der Waals surface area contributed by atoms with Gasteiger partial charge in [0.1, 0.15) is 0 Å². The first-order chi connectivity index (χ1) is 16.7. The predicted octanol–water partition coefficient (Wildman–Crippen LogP) is 2.85. The van der Waals surface area contributed by atoms with Crippen LogP contribution in [0, 0.1) is 5.92 Å². The van der Waals surface area contributed by atoms with E-state index in [1.807, 2.05) is 18.5 Å². The quantitative estimate of drug-likeness (QED) is 0.481. The molecule has 0 aromatic carbocycles. The highest BCUT2D eigenvalue weighted by Crippen LogP contribution is 2.29. The van der Waals surface area contributed by atoms with E-state index in [1.165, 1.54) is 29.3 Å². The van der Waals surface area contributed by atoms with E-state index in [0.717, 1.165) is 39.1 Å². The standard InChI is InChI=1S/C24H29N9O/c25-22-28-23(29-24-27-21(30-33(22)24)20-4-2-14-34-20)32-11-1-3-17(16-32)15-31-12-7-19(8-13-31)18-5-9-26-10-6-18/h2,4-6,9-10,14,17,19H,1,3,7-8,11-13,15-16H2,(H2,25,27,28,29,30)/t17-/m0/s1. The summed E-state index contributed by atoms with van der Waals surface area (Å²) in [5, 5.41) is 4.39. The number of fused-ring (bicyclic) bond motifs is 1. The van der Waals surface area contributed by atoms with Gasteiger partial charge in [0.15, 0.2) is 5.76 Å². The summed E-state index contributed by atoms with van der Waals surface area (Å²) in [7, 11) is 0. The first kappa shape index (κ1) is 21.0. The monoisotopic (exact) mass is 459 g/mol. The second-order valence-corrected chi connectivity index (χ2v) is 9.32. The molecular formula is C24H29N9O. The molecule has 0 bridgehead atoms. The molecule has 176 valence electrons. The molecule has 4 aromatic rings. The third-order valence-electron chi connectivity index (χ3n) is 7.05. The molecule has 4 aromatic heterocycles. The van der Waals surface area contributed by atoms with Gasteiger partial charge < -0.3 is 20.0 Å². The SMILES string of the molecule is Nc1nc(N2CCC[C@@H](CN3CCC(c4ccncc4)CC3)C2)nc2nc(-c3ccco3)nn12. The number of hydrogen-bond donors (Lipinski definition) is 1. The Balaban J connectivity index is 1.11. The van der Waals surface area contributed by atoms with Crippen LogP contribution in [-0.4, -0.2) is 67.2 Å². The second-order valence-electron chi connectivity index (χ2n) is 9.32. The van der Waals surface area contributed by atoms with Crippen LogP contribution in [0.5, 0.6) is 0 Å². The number of piperidine rings is 2. The van der Waals surface area contributed by atoms with Gasteiger partial charge in [-0.3, -0.25) is 4.98 Å². The first-order valence-electron chi connectivity index (χ1n) is 12.0. The fraction of sp³-hybridized carbons (Fsp3) is 0.458. The van der Waals surface area contributed by atoms with Gasteiger partial charge in [-0.05, 0) is 80.4 Å². The molecule has 2 aliphatic heterocycles. The zero-order valence-corrected chi connectivity index (χ0v) is 19.1. The number of aromatic nitrogens is 6. The maximum atomic E-state index is 6.22. The molecule has 2 saturated heterocycles. The van der Waals surface area contributed by atoms with Crippen LogP contribution in [0.4, 0.5) is 11.9 Å². The van der Waals surface area contributed by atoms with Crippen LogP contribution in [0.3, 0.4) is 0 Å². The predicted molar refractivity (Wildman–Crippen MR) is 128 cm³/mol. The number of rotatable bonds is 5. The number of pyridine rings is 1. The molecule has 34 heavy (non-hydrogen) atoms. The average Bonchev–Trinajstić information content (AvgIpc) is 3.56. The molecule has 2 N–H and O–H groups in total. The topological polar surface area (TPSA) is 114 Å². The second kappa shape index (κ2) is 9.02. The summed E-state index contributed by atoms with van der Waals surface area (Å²) in [4.78, 5) is 22.8. The van der Waals surface area contributed by atoms with Gasteiger partial charge in [0.25, 0.3) is 5.78 Å². The van der Waals surface area contributed by atoms with Gasteiger partial charge in [0.05, 0.1) is 6.26 Å². The number of nitrogens with zero attached hydrogens (tertiary/aromatic N) is 8. The Morgan fingerprint density at radius 1 is 1.00 bits per heavy atom. The van der Waals surface area contributed by atoms with Crippen LogP contribution in [0.2, 0.25) is 0 Å². The highest BCUT2D eigenvalue weighted by molar-refractivity contribution is 5.53. The smallest absolute Gasteiger partial charge is 0.259 e. The largest absolute Gasteiger partial charge is 0.461 e. The Hall–Kier alpha value is -3.53. The van der Waals surface area contributed by atoms with Crippen molar-refractivity contribution < 1.29 is 4.42 Å². The van der Waals surface area contributed by atoms with Gasteiger partial charge in [-0.25, -0.2) is 0 Å². The lowest BCUT2D eigenvalue weighted by molar-refractivity contribution is 0.173. The minimum absolute atomic E-state index is 0.283. The summed E-state index contributed by atoms with van der Waals surface area (Å²) < 4.78 is 6.88. The Kier molecular flexibility index (Phi) is 5.58. The van der Waals surface area contributed by atoms with Crippen molar-refractivity contribution in [1.82, 2.24) is 34.4 Å². The summed E-state index contributed by atoms with van der Waals surface area (Å²) >= 11 is 0. The summed E-state index contributed by atoms with van der Waals surface area (Å²) in [6.07, 6.45) is 10.2. The number of furan rings is 1. The van der Waals surface area contributed by atoms with E-state index in [4.69, 9.17) is 10.2 Å². The molecule has 0 unspecified atom stereocenters. The van der Waals surface area contributed by atoms with E-state index < -0.39 is 0 Å². The van der Waals surface area contributed by atoms with Crippen LogP contribution >= 0.6 is 0 Å². The summed E-state index contributed by atoms with van der Waals surface area (Å²) in [6, 6.07) is 7.94. The van der Waals surface area contributed by atoms with Crippen molar-refractivity contribution in [2.24, 2.45) is 5.92 Å². The lowest BCUT2D eigenvalue weighted by Crippen LogP contribution is -2.43. The van der Waals surface area contributed by atoms with Gasteiger partial charge in [0.2, 0.25) is 17.7 Å². The third kappa shape index (κ3) is 4.21. The van der Waals surface area contributed by atoms with Crippen LogP contribution in [0.1, 0.15) is 37.2 Å². The first-order valence-corrected chi connectivity index (χ1v) is 12.0. The van der Waals surface area contributed by atoms with E-state index in [-0.39, 0.29) is 5.95 Å². The minimum Gasteiger partial charge on any atom is -0.461 e. The maximum absolute atomic E-state index is 6.22. The van der Waals surface area contributed by atoms with Crippen molar-refractivity contribution in [2.75, 3.05) is 43.4 Å². The number of nitrogens with two attached hydrogens (primary N) is 1. The molecule has 0 amide bonds. The molecular weight excluding hydrogens is 430 g/mol. The van der Waals surface area contributed by atoms with E-state index in [0.29, 0.717) is 35.1 Å². The van der Waals surface area contributed by atoms with Crippen molar-refractivity contribution in [3.8, 4) is 11.6 Å². The fourth-order valence-electron chi connectivity index (χ4n) is 5.29. The Morgan fingerprint density at radius 2 is 1.85 bits per heavy atom. The van der Waals surface area contributed by atoms with Crippen LogP contribution in [0.15, 0.2) is 47.3 Å². The fourth-order valence-corrected chi connectivity index (χ4v) is 5.29. The molecule has 6 rings (SSSR count). The molecule has 0 saturated carbocycles. The van der Waals surface area contributed by atoms with E-state index >= 15 is 0 Å². The van der Waals surface area contributed by atoms with Crippen molar-refractivity contribution in [3.63, 3.8) is 0 Å². The van der Waals surface area contributed by atoms with E-state index in [2.05, 4.69) is 47.0 Å². The zero-order chi connectivity index (χ0) is 22.9. The average molecular weight is 460 g/mol. The molecule has 0 spiro atoms. The third-order valence-corrected chi connectivity index (χ3v) is 7.05. The van der Waals surface area contributed by atoms with Gasteiger partial charge in [-0.1, -0.05) is 0 Å². The zero-order valence-electron chi connectivity index (χ0n) is 19.1. The molecule has 1 atom stereocenters. The Labute approximate surface area is 197 Å². The highest BCUT2D eigenvalue weighted by Gasteiger charge is 2.27. The summed E-state index contributed by atoms with van der Waals surface area (Å²) in [5.74, 6) is 3.62. The normalized spacial score (nSPS) is 20.2. The molecule has 0 radical (unpaired) electrons. The maximum Gasteiger partial charge on any atom is 0.259 e. The molecule has 0 aliphatic carbocycles. The van der Waals surface area contributed by atoms with Crippen molar-refractivity contribution in [3.05, 3.63) is 48.5 Å². The number of likely N-dealkylation sites (tertiary alicyclic amines) is 1. The molecule has 6 heterocycles. The lowest BCUT2D eigenvalue weighted by atomic mass is 9.89. The van der Waals surface area contributed by atoms with Crippen molar-refractivity contribution >= 4 is 17.7 Å². The van der Waals surface area contributed by atoms with Crippen LogP contribution in [0.25, 0.3) is 17.4 Å². The molecule has 10 heteroatoms. The summed E-state index contributed by atoms with van der Waals surface area (Å²) in [6.45, 7) is 5.27. The summed E-state index contributed by atoms with van der Waals surface area (Å²) in [5.41, 5.74) is 7.64. The van der Waals surface area contributed by atoms with Gasteiger partial charge >= 0.3 is 0 Å². The Bertz CT molecular complexity index is 1230. The lowest BCUT2D eigenvalue weighted by Gasteiger charge is -2.38. The number of nitrogen functional groups attached to an aromatic ring is 1. The van der Waals surface area contributed by atoms with Crippen LogP contribution < -0.4 is 10.6 Å². The van der Waals surface area contributed by atoms with Gasteiger partial charge in [-0.2, -0.15) is 19.5 Å². The number of anilines is 2. The van der Waals surface area contributed by atoms with Crippen molar-refractivity contribution in [2.45, 2.75) is 31.6 Å². The highest BCUT2D eigenvalue weighted by atomic mass is 16.3. The molecule has 2 aliphatic rings. The van der Waals surface area contributed by atoms with Gasteiger partial charge in [0, 0.05) is 32.0 Å². The minimum atomic E-state index is 0.283. The van der Waals surface area contributed by atoms with E-state index in [9.17, 15) is 0 Å². The Morgan fingerprint density at radius 3 is 2.65 bits per heavy atom. The van der Waals surface area contributed by atoms with Crippen LogP contribution in [-0.2, 0) is 0 Å². The van der Waals surface area contributed by atoms with Gasteiger partial charge in [-0.15, -0.1) is 5.10 Å². The van der Waals surface area contributed by atoms with Crippen molar-refractivity contribution in [1.29, 1.82) is 0 Å². The van der Waals surface area contributed by atoms with E-state index in [1.54, 1.807) is 12.3 Å². The number of hydrogen-bond acceptors (Lipinski definition) is 9. The molecule has 2 fully saturated rings. The molecule has 10 nitrogen and oxygen atoms in total.